The first-order valence-corrected chi connectivity index (χ1v) is 14.7. The van der Waals surface area contributed by atoms with E-state index in [-0.39, 0.29) is 16.5 Å². The quantitative estimate of drug-likeness (QED) is 0.452. The first kappa shape index (κ1) is 24.3. The predicted molar refractivity (Wildman–Crippen MR) is 141 cm³/mol. The van der Waals surface area contributed by atoms with Crippen molar-refractivity contribution in [2.24, 2.45) is 11.8 Å². The largest absolute Gasteiger partial charge is 0.477 e. The highest BCUT2D eigenvalue weighted by molar-refractivity contribution is 7.93. The number of aliphatic carboxylic acids is 1. The van der Waals surface area contributed by atoms with Crippen LogP contribution in [-0.2, 0) is 32.6 Å². The third-order valence-corrected chi connectivity index (χ3v) is 10.8. The Kier molecular flexibility index (Phi) is 5.24. The summed E-state index contributed by atoms with van der Waals surface area (Å²) in [5.74, 6) is -2.65. The number of β-lactam (4-membered cyclic amide) rings is 1. The Morgan fingerprint density at radius 2 is 2.03 bits per heavy atom. The van der Waals surface area contributed by atoms with Gasteiger partial charge in [0.2, 0.25) is 5.91 Å². The Hall–Kier alpha value is -3.70. The first-order valence-electron chi connectivity index (χ1n) is 13.2. The molecule has 10 nitrogen and oxygen atoms in total. The molecule has 1 amide bonds. The van der Waals surface area contributed by atoms with Gasteiger partial charge in [0.1, 0.15) is 5.70 Å². The molecule has 5 atom stereocenters. The van der Waals surface area contributed by atoms with Crippen LogP contribution in [0.5, 0.6) is 0 Å². The van der Waals surface area contributed by atoms with Crippen molar-refractivity contribution in [3.63, 3.8) is 0 Å². The van der Waals surface area contributed by atoms with E-state index in [2.05, 4.69) is 4.98 Å². The molecule has 3 aromatic rings. The minimum atomic E-state index is -3.98. The molecule has 4 heterocycles. The molecule has 39 heavy (non-hydrogen) atoms. The molecule has 11 heteroatoms. The van der Waals surface area contributed by atoms with Crippen LogP contribution >= 0.6 is 0 Å². The van der Waals surface area contributed by atoms with E-state index < -0.39 is 46.0 Å². The van der Waals surface area contributed by atoms with Crippen molar-refractivity contribution in [1.29, 1.82) is 0 Å². The Balaban J connectivity index is 1.35. The number of amides is 1. The number of hydrogen-bond donors (Lipinski definition) is 2. The number of imidazole rings is 1. The van der Waals surface area contributed by atoms with Crippen molar-refractivity contribution in [2.75, 3.05) is 4.31 Å². The van der Waals surface area contributed by atoms with Gasteiger partial charge in [-0.05, 0) is 54.8 Å². The number of fused-ring (bicyclic) bond motifs is 3. The average Bonchev–Trinajstić information content (AvgIpc) is 3.57. The number of anilines is 1. The van der Waals surface area contributed by atoms with E-state index in [4.69, 9.17) is 0 Å². The van der Waals surface area contributed by atoms with Gasteiger partial charge in [-0.15, -0.1) is 0 Å². The lowest BCUT2D eigenvalue weighted by atomic mass is 9.71. The molecule has 7 rings (SSSR count). The summed E-state index contributed by atoms with van der Waals surface area (Å²) in [4.78, 5) is 31.1. The number of carboxylic acids is 1. The highest BCUT2D eigenvalue weighted by atomic mass is 32.2. The van der Waals surface area contributed by atoms with Gasteiger partial charge < -0.3 is 19.7 Å². The molecular weight excluding hydrogens is 520 g/mol. The lowest BCUT2D eigenvalue weighted by molar-refractivity contribution is -0.163. The second-order valence-electron chi connectivity index (χ2n) is 10.9. The molecule has 202 valence electrons. The third kappa shape index (κ3) is 3.23. The van der Waals surface area contributed by atoms with E-state index in [0.717, 1.165) is 10.9 Å². The first-order chi connectivity index (χ1) is 18.7. The number of nitrogens with zero attached hydrogens (tertiary/aromatic N) is 4. The van der Waals surface area contributed by atoms with Crippen LogP contribution in [0.3, 0.4) is 0 Å². The summed E-state index contributed by atoms with van der Waals surface area (Å²) in [5, 5.41) is 22.0. The van der Waals surface area contributed by atoms with E-state index in [0.29, 0.717) is 48.9 Å². The van der Waals surface area contributed by atoms with Gasteiger partial charge in [-0.1, -0.05) is 24.6 Å². The summed E-state index contributed by atoms with van der Waals surface area (Å²) < 4.78 is 31.6. The topological polar surface area (TPSA) is 133 Å². The van der Waals surface area contributed by atoms with Gasteiger partial charge in [0.05, 0.1) is 41.0 Å². The summed E-state index contributed by atoms with van der Waals surface area (Å²) in [6.07, 6.45) is 6.91. The molecule has 2 fully saturated rings. The number of sulfonamides is 1. The standard InChI is InChI=1S/C28H28N4O6S/c1-15(33)22-25-18-5-3-7-20(24(18)26(28(35)36)31(25)27(22)34)32-19-6-2-4-17-16(10-12-30-13-11-29-14-30)8-9-21(23(17)19)39(32,37)38/h2,4,6,8-9,11,13-15,18,20,22,25,33H,3,5,7,10,12H2,1H3,(H,35,36). The number of aliphatic hydroxyl groups excluding tert-OH is 1. The van der Waals surface area contributed by atoms with Crippen molar-refractivity contribution in [3.8, 4) is 0 Å². The van der Waals surface area contributed by atoms with E-state index >= 15 is 0 Å². The molecule has 1 saturated carbocycles. The Bertz CT molecular complexity index is 1680. The van der Waals surface area contributed by atoms with Crippen LogP contribution in [0.15, 0.2) is 65.2 Å². The van der Waals surface area contributed by atoms with Crippen molar-refractivity contribution in [1.82, 2.24) is 14.5 Å². The molecule has 1 aliphatic carbocycles. The lowest BCUT2D eigenvalue weighted by Crippen LogP contribution is -2.64. The summed E-state index contributed by atoms with van der Waals surface area (Å²) >= 11 is 0. The number of carboxylic acid groups (broad SMARTS) is 1. The molecule has 1 aromatic heterocycles. The SMILES string of the molecule is CC(O)C1C(=O)N2C(C(=O)O)=C3C(CCCC3N3c4cccc5c(CCn6ccnc6)ccc(c45)S3(=O)=O)C12. The number of benzene rings is 2. The Morgan fingerprint density at radius 1 is 1.21 bits per heavy atom. The highest BCUT2D eigenvalue weighted by Crippen LogP contribution is 2.55. The van der Waals surface area contributed by atoms with Gasteiger partial charge in [-0.3, -0.25) is 9.10 Å². The van der Waals surface area contributed by atoms with Crippen LogP contribution in [0.1, 0.15) is 31.7 Å². The zero-order chi connectivity index (χ0) is 27.2. The van der Waals surface area contributed by atoms with Crippen LogP contribution in [0.25, 0.3) is 10.8 Å². The van der Waals surface area contributed by atoms with Gasteiger partial charge in [0, 0.05) is 30.2 Å². The van der Waals surface area contributed by atoms with Crippen LogP contribution in [0.4, 0.5) is 5.69 Å². The summed E-state index contributed by atoms with van der Waals surface area (Å²) in [6, 6.07) is 7.90. The zero-order valence-electron chi connectivity index (χ0n) is 21.3. The number of aliphatic hydroxyl groups is 1. The highest BCUT2D eigenvalue weighted by Gasteiger charge is 2.63. The molecule has 0 radical (unpaired) electrons. The van der Waals surface area contributed by atoms with Gasteiger partial charge in [0.15, 0.2) is 0 Å². The van der Waals surface area contributed by atoms with Gasteiger partial charge in [0.25, 0.3) is 10.0 Å². The molecule has 0 bridgehead atoms. The number of hydrogen-bond acceptors (Lipinski definition) is 6. The minimum Gasteiger partial charge on any atom is -0.477 e. The second-order valence-corrected chi connectivity index (χ2v) is 12.7. The lowest BCUT2D eigenvalue weighted by Gasteiger charge is -2.48. The average molecular weight is 549 g/mol. The maximum absolute atomic E-state index is 14.1. The fourth-order valence-electron chi connectivity index (χ4n) is 7.37. The molecular formula is C28H28N4O6S. The minimum absolute atomic E-state index is 0.115. The van der Waals surface area contributed by atoms with Crippen LogP contribution < -0.4 is 4.31 Å². The Labute approximate surface area is 225 Å². The van der Waals surface area contributed by atoms with Crippen LogP contribution in [0.2, 0.25) is 0 Å². The number of rotatable bonds is 6. The number of aromatic nitrogens is 2. The van der Waals surface area contributed by atoms with Crippen molar-refractivity contribution in [2.45, 2.75) is 62.2 Å². The van der Waals surface area contributed by atoms with Crippen molar-refractivity contribution >= 4 is 38.4 Å². The van der Waals surface area contributed by atoms with Crippen LogP contribution in [-0.4, -0.2) is 63.1 Å². The normalized spacial score (nSPS) is 27.5. The second kappa shape index (κ2) is 8.40. The number of carbonyl (C=O) groups excluding carboxylic acids is 1. The summed E-state index contributed by atoms with van der Waals surface area (Å²) in [5.41, 5.74) is 1.94. The predicted octanol–water partition coefficient (Wildman–Crippen LogP) is 2.52. The number of carbonyl (C=O) groups is 2. The number of aryl methyl sites for hydroxylation is 2. The van der Waals surface area contributed by atoms with E-state index in [1.807, 2.05) is 29.0 Å². The zero-order valence-corrected chi connectivity index (χ0v) is 22.1. The van der Waals surface area contributed by atoms with Gasteiger partial charge >= 0.3 is 5.97 Å². The van der Waals surface area contributed by atoms with Crippen LogP contribution in [0, 0.1) is 11.8 Å². The maximum Gasteiger partial charge on any atom is 0.352 e. The Morgan fingerprint density at radius 3 is 2.74 bits per heavy atom. The molecule has 3 aliphatic heterocycles. The molecule has 5 unspecified atom stereocenters. The molecule has 1 saturated heterocycles. The molecule has 4 aliphatic rings. The van der Waals surface area contributed by atoms with Gasteiger partial charge in [-0.2, -0.15) is 0 Å². The van der Waals surface area contributed by atoms with E-state index in [1.165, 1.54) is 9.21 Å². The summed E-state index contributed by atoms with van der Waals surface area (Å²) in [7, 11) is -3.98. The van der Waals surface area contributed by atoms with Crippen molar-refractivity contribution < 1.29 is 28.2 Å². The fraction of sp³-hybridized carbons (Fsp3) is 0.393. The maximum atomic E-state index is 14.1. The molecule has 2 aromatic carbocycles. The summed E-state index contributed by atoms with van der Waals surface area (Å²) in [6.45, 7) is 2.25. The van der Waals surface area contributed by atoms with E-state index in [1.54, 1.807) is 31.6 Å². The molecule has 2 N–H and O–H groups in total. The van der Waals surface area contributed by atoms with E-state index in [9.17, 15) is 28.2 Å². The smallest absolute Gasteiger partial charge is 0.352 e. The third-order valence-electron chi connectivity index (χ3n) is 8.92. The van der Waals surface area contributed by atoms with Gasteiger partial charge in [-0.25, -0.2) is 18.2 Å². The fourth-order valence-corrected chi connectivity index (χ4v) is 9.26. The monoisotopic (exact) mass is 548 g/mol. The van der Waals surface area contributed by atoms with Crippen molar-refractivity contribution in [3.05, 3.63) is 65.9 Å². The molecule has 0 spiro atoms.